The first-order valence-electron chi connectivity index (χ1n) is 23.2. The minimum Gasteiger partial charge on any atom is -0.459 e. The van der Waals surface area contributed by atoms with Crippen LogP contribution in [0.2, 0.25) is 5.02 Å². The summed E-state index contributed by atoms with van der Waals surface area (Å²) in [5.74, 6) is -1.13. The van der Waals surface area contributed by atoms with Gasteiger partial charge >= 0.3 is 5.97 Å². The van der Waals surface area contributed by atoms with Crippen LogP contribution in [0.4, 0.5) is 0 Å². The van der Waals surface area contributed by atoms with Crippen molar-refractivity contribution in [1.29, 1.82) is 0 Å². The van der Waals surface area contributed by atoms with Gasteiger partial charge in [-0.1, -0.05) is 96.5 Å². The predicted octanol–water partition coefficient (Wildman–Crippen LogP) is 7.89. The van der Waals surface area contributed by atoms with E-state index in [0.717, 1.165) is 62.5 Å². The van der Waals surface area contributed by atoms with Crippen molar-refractivity contribution in [2.24, 2.45) is 0 Å². The van der Waals surface area contributed by atoms with Crippen molar-refractivity contribution in [3.63, 3.8) is 0 Å². The van der Waals surface area contributed by atoms with Gasteiger partial charge in [0, 0.05) is 59.8 Å². The summed E-state index contributed by atoms with van der Waals surface area (Å²) in [6, 6.07) is 31.4. The van der Waals surface area contributed by atoms with Gasteiger partial charge in [-0.3, -0.25) is 29.0 Å². The zero-order valence-corrected chi connectivity index (χ0v) is 40.9. The fourth-order valence-corrected chi connectivity index (χ4v) is 10.4. The van der Waals surface area contributed by atoms with Crippen LogP contribution in [0.25, 0.3) is 0 Å². The summed E-state index contributed by atoms with van der Waals surface area (Å²) >= 11 is 7.92. The normalized spacial score (nSPS) is 20.8. The summed E-state index contributed by atoms with van der Waals surface area (Å²) < 4.78 is 5.24. The van der Waals surface area contributed by atoms with Gasteiger partial charge in [0.15, 0.2) is 0 Å². The monoisotopic (exact) mass is 940 g/mol. The lowest BCUT2D eigenvalue weighted by Gasteiger charge is -2.45. The number of ether oxygens (including phenoxy) is 1. The molecule has 1 unspecified atom stereocenters. The molecule has 1 aromatic heterocycles. The highest BCUT2D eigenvalue weighted by molar-refractivity contribution is 7.10. The average Bonchev–Trinajstić information content (AvgIpc) is 3.87. The molecule has 2 saturated carbocycles. The molecule has 12 nitrogen and oxygen atoms in total. The first kappa shape index (κ1) is 51.9. The van der Waals surface area contributed by atoms with Gasteiger partial charge in [-0.25, -0.2) is 4.79 Å². The lowest BCUT2D eigenvalue weighted by atomic mass is 9.74. The number of nitrogens with one attached hydrogen (secondary N) is 4. The largest absolute Gasteiger partial charge is 0.459 e. The number of amides is 4. The number of halogens is 1. The van der Waals surface area contributed by atoms with Crippen LogP contribution in [-0.4, -0.2) is 92.3 Å². The topological polar surface area (TPSA) is 149 Å². The SMILES string of the molecule is CC(NC(=O)CCC(=O)NC1CCC(c2cccs2)(N(C)C)CC1)C(=O)OCc1ccccc1.CN(C)C1(c2ccccc2)CCC(NC(=O)CCC(=O)NCCc2ccccc2Cl)CC1. The Morgan fingerprint density at radius 2 is 1.18 bits per heavy atom. The molecule has 0 radical (unpaired) electrons. The van der Waals surface area contributed by atoms with Crippen molar-refractivity contribution in [3.8, 4) is 0 Å². The Hall–Kier alpha value is -5.08. The molecule has 0 saturated heterocycles. The van der Waals surface area contributed by atoms with Gasteiger partial charge in [-0.15, -0.1) is 11.3 Å². The highest BCUT2D eigenvalue weighted by Crippen LogP contribution is 2.43. The molecular weight excluding hydrogens is 872 g/mol. The number of hydrogen-bond donors (Lipinski definition) is 4. The second kappa shape index (κ2) is 25.7. The van der Waals surface area contributed by atoms with Gasteiger partial charge < -0.3 is 26.0 Å². The molecule has 4 aromatic rings. The van der Waals surface area contributed by atoms with E-state index >= 15 is 0 Å². The molecule has 0 bridgehead atoms. The third-order valence-corrected chi connectivity index (χ3v) is 14.6. The van der Waals surface area contributed by atoms with Crippen LogP contribution in [0.15, 0.2) is 102 Å². The molecular formula is C52H69ClN6O6S. The van der Waals surface area contributed by atoms with E-state index in [-0.39, 0.29) is 79.1 Å². The van der Waals surface area contributed by atoms with E-state index in [1.807, 2.05) is 60.7 Å². The van der Waals surface area contributed by atoms with Crippen LogP contribution in [0.1, 0.15) is 106 Å². The molecule has 2 fully saturated rings. The molecule has 2 aliphatic rings. The Kier molecular flexibility index (Phi) is 20.2. The van der Waals surface area contributed by atoms with Crippen LogP contribution < -0.4 is 21.3 Å². The molecule has 2 aliphatic carbocycles. The molecule has 356 valence electrons. The zero-order chi connectivity index (χ0) is 47.5. The van der Waals surface area contributed by atoms with Crippen LogP contribution in [-0.2, 0) is 52.8 Å². The first-order valence-corrected chi connectivity index (χ1v) is 24.5. The van der Waals surface area contributed by atoms with Gasteiger partial charge in [0.25, 0.3) is 0 Å². The molecule has 1 atom stereocenters. The zero-order valence-electron chi connectivity index (χ0n) is 39.3. The quantitative estimate of drug-likeness (QED) is 0.0695. The fraction of sp³-hybridized carbons (Fsp3) is 0.481. The van der Waals surface area contributed by atoms with E-state index < -0.39 is 12.0 Å². The van der Waals surface area contributed by atoms with Crippen LogP contribution in [0.3, 0.4) is 0 Å². The Labute approximate surface area is 400 Å². The molecule has 14 heteroatoms. The summed E-state index contributed by atoms with van der Waals surface area (Å²) in [5.41, 5.74) is 3.27. The minimum absolute atomic E-state index is 0.0179. The van der Waals surface area contributed by atoms with Gasteiger partial charge in [-0.2, -0.15) is 0 Å². The molecule has 0 aliphatic heterocycles. The number of hydrogen-bond acceptors (Lipinski definition) is 9. The average molecular weight is 942 g/mol. The Morgan fingerprint density at radius 3 is 1.73 bits per heavy atom. The molecule has 3 aromatic carbocycles. The number of carbonyl (C=O) groups is 5. The maximum atomic E-state index is 12.4. The summed E-state index contributed by atoms with van der Waals surface area (Å²) in [4.78, 5) is 67.3. The third-order valence-electron chi connectivity index (χ3n) is 13.1. The second-order valence-electron chi connectivity index (χ2n) is 18.0. The number of benzene rings is 3. The highest BCUT2D eigenvalue weighted by atomic mass is 35.5. The second-order valence-corrected chi connectivity index (χ2v) is 19.3. The minimum atomic E-state index is -0.769. The van der Waals surface area contributed by atoms with Crippen LogP contribution >= 0.6 is 22.9 Å². The summed E-state index contributed by atoms with van der Waals surface area (Å²) in [5, 5.41) is 14.5. The lowest BCUT2D eigenvalue weighted by molar-refractivity contribution is -0.148. The summed E-state index contributed by atoms with van der Waals surface area (Å²) in [6.07, 6.45) is 8.84. The van der Waals surface area contributed by atoms with Gasteiger partial charge in [0.1, 0.15) is 12.6 Å². The van der Waals surface area contributed by atoms with Crippen molar-refractivity contribution < 1.29 is 28.7 Å². The van der Waals surface area contributed by atoms with Crippen molar-refractivity contribution in [2.75, 3.05) is 34.7 Å². The third kappa shape index (κ3) is 15.2. The van der Waals surface area contributed by atoms with Crippen molar-refractivity contribution in [1.82, 2.24) is 31.1 Å². The smallest absolute Gasteiger partial charge is 0.328 e. The molecule has 4 amide bonds. The number of rotatable bonds is 19. The molecule has 0 spiro atoms. The van der Waals surface area contributed by atoms with Gasteiger partial charge in [0.05, 0.1) is 5.54 Å². The fourth-order valence-electron chi connectivity index (χ4n) is 9.09. The molecule has 6 rings (SSSR count). The number of nitrogens with zero attached hydrogens (tertiary/aromatic N) is 2. The maximum Gasteiger partial charge on any atom is 0.328 e. The van der Waals surface area contributed by atoms with Crippen LogP contribution in [0.5, 0.6) is 0 Å². The van der Waals surface area contributed by atoms with Gasteiger partial charge in [-0.05, 0) is 127 Å². The number of thiophene rings is 1. The molecule has 4 N–H and O–H groups in total. The van der Waals surface area contributed by atoms with Gasteiger partial charge in [0.2, 0.25) is 23.6 Å². The van der Waals surface area contributed by atoms with E-state index in [1.165, 1.54) is 10.4 Å². The Balaban J connectivity index is 0.000000248. The maximum absolute atomic E-state index is 12.4. The number of carbonyl (C=O) groups excluding carboxylic acids is 5. The van der Waals surface area contributed by atoms with E-state index in [1.54, 1.807) is 18.3 Å². The van der Waals surface area contributed by atoms with E-state index in [9.17, 15) is 24.0 Å². The molecule has 66 heavy (non-hydrogen) atoms. The van der Waals surface area contributed by atoms with Crippen molar-refractivity contribution in [3.05, 3.63) is 129 Å². The summed E-state index contributed by atoms with van der Waals surface area (Å²) in [7, 11) is 8.51. The number of esters is 1. The van der Waals surface area contributed by atoms with E-state index in [4.69, 9.17) is 16.3 Å². The van der Waals surface area contributed by atoms with E-state index in [0.29, 0.717) is 18.0 Å². The standard InChI is InChI=1S/C26H34ClN3O2.C26H35N3O4S/c1-30(2)26(21-9-4-3-5-10-21)17-14-22(15-18-26)29-25(32)13-12-24(31)28-19-16-20-8-6-7-11-23(20)27;1-19(25(32)33-18-20-8-5-4-6-9-20)27-23(30)11-12-24(31)28-21-13-15-26(16-14-21,29(2)3)22-10-7-17-34-22/h3-11,22H,12-19H2,1-2H3,(H,28,31)(H,29,32);4-10,17,19,21H,11-16,18H2,1-3H3,(H,27,30)(H,28,31). The van der Waals surface area contributed by atoms with Crippen molar-refractivity contribution in [2.45, 2.75) is 126 Å². The van der Waals surface area contributed by atoms with Crippen LogP contribution in [0, 0.1) is 0 Å². The van der Waals surface area contributed by atoms with E-state index in [2.05, 4.69) is 101 Å². The van der Waals surface area contributed by atoms with Crippen molar-refractivity contribution >= 4 is 52.5 Å². The molecule has 1 heterocycles. The summed E-state index contributed by atoms with van der Waals surface area (Å²) in [6.45, 7) is 2.25. The Bertz CT molecular complexity index is 2140. The Morgan fingerprint density at radius 1 is 0.667 bits per heavy atom. The predicted molar refractivity (Wildman–Crippen MR) is 263 cm³/mol. The first-order chi connectivity index (χ1) is 31.7. The lowest BCUT2D eigenvalue weighted by Crippen LogP contribution is -2.48. The highest BCUT2D eigenvalue weighted by Gasteiger charge is 2.40.